The molecule has 1 amide bonds. The molecule has 0 aliphatic carbocycles. The number of Topliss-reactive ketones (excluding diaryl/α,β-unsaturated/α-hetero) is 1. The number of thioether (sulfide) groups is 1. The van der Waals surface area contributed by atoms with Crippen molar-refractivity contribution in [3.05, 3.63) is 100 Å². The summed E-state index contributed by atoms with van der Waals surface area (Å²) < 4.78 is 1.61. The van der Waals surface area contributed by atoms with E-state index in [0.29, 0.717) is 33.9 Å². The molecule has 33 heavy (non-hydrogen) atoms. The van der Waals surface area contributed by atoms with E-state index in [-0.39, 0.29) is 17.2 Å². The molecule has 1 atom stereocenters. The van der Waals surface area contributed by atoms with Crippen molar-refractivity contribution in [1.82, 2.24) is 9.55 Å². The maximum absolute atomic E-state index is 13.3. The monoisotopic (exact) mass is 457 g/mol. The number of nitrogens with zero attached hydrogens (tertiary/aromatic N) is 2. The average molecular weight is 458 g/mol. The minimum Gasteiger partial charge on any atom is -0.325 e. The Bertz CT molecular complexity index is 1380. The van der Waals surface area contributed by atoms with Gasteiger partial charge in [0, 0.05) is 11.3 Å². The number of para-hydroxylation sites is 1. The third-order valence-corrected chi connectivity index (χ3v) is 6.29. The molecule has 0 bridgehead atoms. The van der Waals surface area contributed by atoms with E-state index >= 15 is 0 Å². The van der Waals surface area contributed by atoms with Gasteiger partial charge in [0.05, 0.1) is 22.7 Å². The lowest BCUT2D eigenvalue weighted by Gasteiger charge is -2.17. The number of carbonyl (C=O) groups excluding carboxylic acids is 2. The molecule has 6 nitrogen and oxygen atoms in total. The Morgan fingerprint density at radius 3 is 2.48 bits per heavy atom. The SMILES string of the molecule is CC(=O)c1cccc(NC(=O)C(C)Sc2nc3ccccc3c(=O)n2Cc2ccccc2)c1. The third kappa shape index (κ3) is 5.21. The Labute approximate surface area is 195 Å². The van der Waals surface area contributed by atoms with E-state index in [1.54, 1.807) is 47.9 Å². The molecule has 1 heterocycles. The van der Waals surface area contributed by atoms with Gasteiger partial charge >= 0.3 is 0 Å². The van der Waals surface area contributed by atoms with Gasteiger partial charge in [0.1, 0.15) is 0 Å². The first-order chi connectivity index (χ1) is 15.9. The van der Waals surface area contributed by atoms with Gasteiger partial charge in [-0.2, -0.15) is 0 Å². The molecule has 0 aliphatic heterocycles. The first kappa shape index (κ1) is 22.5. The molecule has 0 aliphatic rings. The highest BCUT2D eigenvalue weighted by atomic mass is 32.2. The van der Waals surface area contributed by atoms with E-state index in [2.05, 4.69) is 5.32 Å². The molecule has 4 aromatic rings. The van der Waals surface area contributed by atoms with E-state index < -0.39 is 5.25 Å². The number of benzene rings is 3. The molecule has 7 heteroatoms. The zero-order chi connectivity index (χ0) is 23.4. The molecule has 0 spiro atoms. The quantitative estimate of drug-likeness (QED) is 0.246. The second-order valence-corrected chi connectivity index (χ2v) is 8.98. The van der Waals surface area contributed by atoms with Gasteiger partial charge in [-0.25, -0.2) is 4.98 Å². The van der Waals surface area contributed by atoms with Crippen LogP contribution in [0.25, 0.3) is 10.9 Å². The Balaban J connectivity index is 1.63. The summed E-state index contributed by atoms with van der Waals surface area (Å²) in [6, 6.07) is 23.7. The van der Waals surface area contributed by atoms with Crippen LogP contribution in [-0.4, -0.2) is 26.5 Å². The van der Waals surface area contributed by atoms with Crippen LogP contribution in [0.4, 0.5) is 5.69 Å². The van der Waals surface area contributed by atoms with Crippen LogP contribution in [0.15, 0.2) is 88.8 Å². The number of hydrogen-bond acceptors (Lipinski definition) is 5. The van der Waals surface area contributed by atoms with Gasteiger partial charge in [-0.1, -0.05) is 66.4 Å². The molecule has 4 rings (SSSR count). The number of aromatic nitrogens is 2. The van der Waals surface area contributed by atoms with Crippen molar-refractivity contribution in [1.29, 1.82) is 0 Å². The van der Waals surface area contributed by atoms with Crippen LogP contribution in [0.1, 0.15) is 29.8 Å². The number of nitrogens with one attached hydrogen (secondary N) is 1. The number of carbonyl (C=O) groups is 2. The average Bonchev–Trinajstić information content (AvgIpc) is 2.82. The molecule has 3 aromatic carbocycles. The van der Waals surface area contributed by atoms with E-state index in [4.69, 9.17) is 4.98 Å². The lowest BCUT2D eigenvalue weighted by Crippen LogP contribution is -2.27. The number of amides is 1. The van der Waals surface area contributed by atoms with Gasteiger partial charge < -0.3 is 5.32 Å². The summed E-state index contributed by atoms with van der Waals surface area (Å²) in [5, 5.41) is 3.34. The van der Waals surface area contributed by atoms with Crippen LogP contribution in [-0.2, 0) is 11.3 Å². The topological polar surface area (TPSA) is 81.1 Å². The van der Waals surface area contributed by atoms with Gasteiger partial charge in [-0.15, -0.1) is 0 Å². The normalized spacial score (nSPS) is 11.8. The second-order valence-electron chi connectivity index (χ2n) is 7.67. The molecule has 1 unspecified atom stereocenters. The van der Waals surface area contributed by atoms with Crippen molar-refractivity contribution >= 4 is 40.0 Å². The van der Waals surface area contributed by atoms with Gasteiger partial charge in [-0.05, 0) is 43.7 Å². The van der Waals surface area contributed by atoms with Crippen LogP contribution >= 0.6 is 11.8 Å². The fraction of sp³-hybridized carbons (Fsp3) is 0.154. The summed E-state index contributed by atoms with van der Waals surface area (Å²) in [7, 11) is 0. The number of anilines is 1. The third-order valence-electron chi connectivity index (χ3n) is 5.20. The predicted molar refractivity (Wildman–Crippen MR) is 132 cm³/mol. The van der Waals surface area contributed by atoms with Gasteiger partial charge in [0.25, 0.3) is 5.56 Å². The molecular formula is C26H23N3O3S. The Morgan fingerprint density at radius 1 is 1.00 bits per heavy atom. The molecule has 0 saturated carbocycles. The lowest BCUT2D eigenvalue weighted by atomic mass is 10.1. The Kier molecular flexibility index (Phi) is 6.70. The van der Waals surface area contributed by atoms with E-state index in [9.17, 15) is 14.4 Å². The minimum absolute atomic E-state index is 0.0705. The van der Waals surface area contributed by atoms with Gasteiger partial charge in [0.15, 0.2) is 10.9 Å². The number of rotatable bonds is 7. The summed E-state index contributed by atoms with van der Waals surface area (Å²) in [5.41, 5.74) is 2.50. The maximum Gasteiger partial charge on any atom is 0.262 e. The highest BCUT2D eigenvalue weighted by Gasteiger charge is 2.20. The number of fused-ring (bicyclic) bond motifs is 1. The highest BCUT2D eigenvalue weighted by molar-refractivity contribution is 8.00. The van der Waals surface area contributed by atoms with E-state index in [1.807, 2.05) is 42.5 Å². The minimum atomic E-state index is -0.527. The summed E-state index contributed by atoms with van der Waals surface area (Å²) in [6.07, 6.45) is 0. The van der Waals surface area contributed by atoms with Gasteiger partial charge in [-0.3, -0.25) is 19.0 Å². The molecular weight excluding hydrogens is 434 g/mol. The fourth-order valence-corrected chi connectivity index (χ4v) is 4.32. The van der Waals surface area contributed by atoms with Crippen LogP contribution in [0.2, 0.25) is 0 Å². The summed E-state index contributed by atoms with van der Waals surface area (Å²) in [5.74, 6) is -0.312. The standard InChI is InChI=1S/C26H23N3O3S/c1-17(30)20-11-8-12-21(15-20)27-24(31)18(2)33-26-28-23-14-7-6-13-22(23)25(32)29(26)16-19-9-4-3-5-10-19/h3-15,18H,16H2,1-2H3,(H,27,31). The largest absolute Gasteiger partial charge is 0.325 e. The van der Waals surface area contributed by atoms with Crippen molar-refractivity contribution in [2.75, 3.05) is 5.32 Å². The molecule has 166 valence electrons. The summed E-state index contributed by atoms with van der Waals surface area (Å²) in [4.78, 5) is 42.5. The lowest BCUT2D eigenvalue weighted by molar-refractivity contribution is -0.115. The first-order valence-electron chi connectivity index (χ1n) is 10.5. The maximum atomic E-state index is 13.3. The Hall–Kier alpha value is -3.71. The molecule has 1 N–H and O–H groups in total. The highest BCUT2D eigenvalue weighted by Crippen LogP contribution is 2.24. The van der Waals surface area contributed by atoms with Crippen LogP contribution in [0.3, 0.4) is 0 Å². The van der Waals surface area contributed by atoms with Crippen LogP contribution < -0.4 is 10.9 Å². The summed E-state index contributed by atoms with van der Waals surface area (Å²) in [6.45, 7) is 3.61. The van der Waals surface area contributed by atoms with Crippen molar-refractivity contribution in [2.24, 2.45) is 0 Å². The van der Waals surface area contributed by atoms with Crippen molar-refractivity contribution in [3.63, 3.8) is 0 Å². The van der Waals surface area contributed by atoms with Crippen molar-refractivity contribution in [2.45, 2.75) is 30.8 Å². The van der Waals surface area contributed by atoms with Crippen molar-refractivity contribution in [3.8, 4) is 0 Å². The van der Waals surface area contributed by atoms with Crippen LogP contribution in [0, 0.1) is 0 Å². The van der Waals surface area contributed by atoms with Crippen molar-refractivity contribution < 1.29 is 9.59 Å². The van der Waals surface area contributed by atoms with Gasteiger partial charge in [0.2, 0.25) is 5.91 Å². The second kappa shape index (κ2) is 9.83. The molecule has 0 fully saturated rings. The van der Waals surface area contributed by atoms with Crippen LogP contribution in [0.5, 0.6) is 0 Å². The molecule has 0 radical (unpaired) electrons. The number of hydrogen-bond donors (Lipinski definition) is 1. The summed E-state index contributed by atoms with van der Waals surface area (Å²) >= 11 is 1.23. The van der Waals surface area contributed by atoms with E-state index in [0.717, 1.165) is 5.56 Å². The first-order valence-corrected chi connectivity index (χ1v) is 11.4. The molecule has 0 saturated heterocycles. The number of ketones is 1. The Morgan fingerprint density at radius 2 is 1.73 bits per heavy atom. The fourth-order valence-electron chi connectivity index (χ4n) is 3.41. The zero-order valence-electron chi connectivity index (χ0n) is 18.3. The predicted octanol–water partition coefficient (Wildman–Crippen LogP) is 4.77. The zero-order valence-corrected chi connectivity index (χ0v) is 19.1. The molecule has 1 aromatic heterocycles. The van der Waals surface area contributed by atoms with E-state index in [1.165, 1.54) is 18.7 Å². The smallest absolute Gasteiger partial charge is 0.262 e.